The molecule has 0 aliphatic carbocycles. The Morgan fingerprint density at radius 1 is 0.248 bits per heavy atom. The Kier molecular flexibility index (Phi) is 15.5. The molecule has 0 saturated heterocycles. The summed E-state index contributed by atoms with van der Waals surface area (Å²) < 4.78 is 0. The van der Waals surface area contributed by atoms with Crippen molar-refractivity contribution >= 4 is 138 Å². The Bertz CT molecular complexity index is 6010. The van der Waals surface area contributed by atoms with E-state index in [1.807, 2.05) is 23.5 Å². The minimum absolute atomic E-state index is 0.0560. The Morgan fingerprint density at radius 3 is 1.23 bits per heavy atom. The van der Waals surface area contributed by atoms with Gasteiger partial charge in [0.25, 0.3) is 6.71 Å². The van der Waals surface area contributed by atoms with Crippen molar-refractivity contribution in [2.45, 2.75) is 26.5 Å². The van der Waals surface area contributed by atoms with Crippen molar-refractivity contribution in [2.24, 2.45) is 0 Å². The zero-order chi connectivity index (χ0) is 69.5. The van der Waals surface area contributed by atoms with Crippen molar-refractivity contribution in [1.29, 1.82) is 0 Å². The maximum Gasteiger partial charge on any atom is 0.252 e. The van der Waals surface area contributed by atoms with E-state index in [2.05, 4.69) is 409 Å². The van der Waals surface area contributed by atoms with Crippen molar-refractivity contribution in [1.82, 2.24) is 0 Å². The number of fused-ring (bicyclic) bond motifs is 8. The summed E-state index contributed by atoms with van der Waals surface area (Å²) in [5, 5.41) is 0. The van der Waals surface area contributed by atoms with E-state index in [-0.39, 0.29) is 13.4 Å². The third kappa shape index (κ3) is 10.7. The van der Waals surface area contributed by atoms with Gasteiger partial charge in [0, 0.05) is 81.8 Å². The first-order valence-electron chi connectivity index (χ1n) is 36.1. The molecule has 16 aromatic carbocycles. The topological polar surface area (TPSA) is 13.0 Å². The minimum Gasteiger partial charge on any atom is -0.311 e. The number of hydrogen-bond acceptors (Lipinski definition) is 6. The molecule has 492 valence electrons. The minimum atomic E-state index is -0.177. The zero-order valence-electron chi connectivity index (χ0n) is 57.6. The highest BCUT2D eigenvalue weighted by Gasteiger charge is 2.47. The van der Waals surface area contributed by atoms with E-state index in [1.54, 1.807) is 0 Å². The van der Waals surface area contributed by atoms with E-state index in [0.717, 1.165) is 102 Å². The molecular weight excluding hydrogens is 1310 g/mol. The van der Waals surface area contributed by atoms with Gasteiger partial charge in [0.1, 0.15) is 0 Å². The molecular formula is C97H66B2N4S2. The average molecular weight is 1370 g/mol. The highest BCUT2D eigenvalue weighted by Crippen LogP contribution is 2.54. The second-order valence-electron chi connectivity index (χ2n) is 27.5. The summed E-state index contributed by atoms with van der Waals surface area (Å²) in [5.74, 6) is 0. The van der Waals surface area contributed by atoms with Crippen molar-refractivity contribution in [3.05, 3.63) is 388 Å². The fourth-order valence-corrected chi connectivity index (χ4v) is 19.3. The first kappa shape index (κ1) is 62.3. The van der Waals surface area contributed by atoms with Crippen LogP contribution in [0.4, 0.5) is 68.2 Å². The van der Waals surface area contributed by atoms with Gasteiger partial charge >= 0.3 is 0 Å². The van der Waals surface area contributed by atoms with Crippen LogP contribution in [0, 0.1) is 6.92 Å². The van der Waals surface area contributed by atoms with Gasteiger partial charge in [0.05, 0.1) is 22.7 Å². The molecule has 0 fully saturated rings. The maximum absolute atomic E-state index is 2.69. The van der Waals surface area contributed by atoms with Crippen molar-refractivity contribution in [3.8, 4) is 55.6 Å². The number of benzene rings is 16. The molecule has 16 aromatic rings. The lowest BCUT2D eigenvalue weighted by molar-refractivity contribution is 1.21. The van der Waals surface area contributed by atoms with E-state index < -0.39 is 0 Å². The van der Waals surface area contributed by atoms with Gasteiger partial charge in [-0.15, -0.1) is 0 Å². The first-order chi connectivity index (χ1) is 52.0. The average Bonchev–Trinajstić information content (AvgIpc) is 0.686. The van der Waals surface area contributed by atoms with Gasteiger partial charge in [-0.2, -0.15) is 0 Å². The second-order valence-corrected chi connectivity index (χ2v) is 29.6. The van der Waals surface area contributed by atoms with Crippen LogP contribution in [0.3, 0.4) is 0 Å². The molecule has 4 nitrogen and oxygen atoms in total. The van der Waals surface area contributed by atoms with E-state index in [4.69, 9.17) is 0 Å². The van der Waals surface area contributed by atoms with E-state index in [1.165, 1.54) is 80.2 Å². The van der Waals surface area contributed by atoms with Crippen LogP contribution in [0.1, 0.15) is 5.56 Å². The largest absolute Gasteiger partial charge is 0.311 e. The molecule has 105 heavy (non-hydrogen) atoms. The van der Waals surface area contributed by atoms with Crippen LogP contribution in [0.25, 0.3) is 55.6 Å². The lowest BCUT2D eigenvalue weighted by Gasteiger charge is -2.46. The van der Waals surface area contributed by atoms with E-state index in [9.17, 15) is 0 Å². The van der Waals surface area contributed by atoms with Crippen LogP contribution >= 0.6 is 23.5 Å². The van der Waals surface area contributed by atoms with Gasteiger partial charge < -0.3 is 19.6 Å². The lowest BCUT2D eigenvalue weighted by Crippen LogP contribution is -2.64. The maximum atomic E-state index is 2.69. The summed E-state index contributed by atoms with van der Waals surface area (Å²) in [7, 11) is 0. The number of rotatable bonds is 13. The Labute approximate surface area is 623 Å². The number of anilines is 12. The van der Waals surface area contributed by atoms with E-state index in [0.29, 0.717) is 0 Å². The predicted molar refractivity (Wildman–Crippen MR) is 448 cm³/mol. The molecule has 0 atom stereocenters. The fraction of sp³-hybridized carbons (Fsp3) is 0.0103. The zero-order valence-corrected chi connectivity index (χ0v) is 59.3. The van der Waals surface area contributed by atoms with Crippen molar-refractivity contribution in [3.63, 3.8) is 0 Å². The highest BCUT2D eigenvalue weighted by molar-refractivity contribution is 8.01. The molecule has 4 aliphatic rings. The summed E-state index contributed by atoms with van der Waals surface area (Å²) in [6.45, 7) is 2.08. The molecule has 0 N–H and O–H groups in total. The number of nitrogens with zero attached hydrogens (tertiary/aromatic N) is 4. The molecule has 0 radical (unpaired) electrons. The van der Waals surface area contributed by atoms with Crippen molar-refractivity contribution in [2.75, 3.05) is 19.6 Å². The molecule has 0 saturated carbocycles. The molecule has 0 spiro atoms. The molecule has 0 unspecified atom stereocenters. The Balaban J connectivity index is 0.855. The standard InChI is InChI=1S/C97H66B2N4S2/c1-65-29-28-44-80(72-38-16-6-17-39-72)97(65)103-88-64-92-84(99-82-46-23-27-50-91(82)104-93-61-77(62-94(105-92)96(93)99)101(75-57-53-69(54-58-75)67-32-10-3-11-33-67)86-48-25-21-43-79(86)71-36-14-5-15-37-71)63-83(88)98-81-45-22-26-49-87(81)102(73-40-18-7-19-41-73)89-59-76(60-90(103)95(89)98)100(74-55-51-68(52-56-74)66-30-8-2-9-31-66)85-47-24-20-42-78(85)70-34-12-4-13-35-70/h2-64H,1H3. The Morgan fingerprint density at radius 2 is 0.667 bits per heavy atom. The van der Waals surface area contributed by atoms with Gasteiger partial charge in [-0.1, -0.05) is 326 Å². The van der Waals surface area contributed by atoms with Gasteiger partial charge in [-0.3, -0.25) is 0 Å². The molecule has 0 amide bonds. The summed E-state index contributed by atoms with van der Waals surface area (Å²) in [5.41, 5.74) is 33.9. The van der Waals surface area contributed by atoms with Gasteiger partial charge in [-0.25, -0.2) is 0 Å². The molecule has 0 bridgehead atoms. The molecule has 20 rings (SSSR count). The number of aryl methyl sites for hydroxylation is 1. The quantitative estimate of drug-likeness (QED) is 0.106. The lowest BCUT2D eigenvalue weighted by atomic mass is 9.31. The van der Waals surface area contributed by atoms with Gasteiger partial charge in [0.15, 0.2) is 0 Å². The highest BCUT2D eigenvalue weighted by atomic mass is 32.2. The fourth-order valence-electron chi connectivity index (χ4n) is 16.8. The number of para-hydroxylation sites is 5. The molecule has 4 heterocycles. The van der Waals surface area contributed by atoms with Gasteiger partial charge in [0.2, 0.25) is 6.71 Å². The number of hydrogen-bond donors (Lipinski definition) is 0. The predicted octanol–water partition coefficient (Wildman–Crippen LogP) is 22.8. The van der Waals surface area contributed by atoms with Crippen LogP contribution in [-0.4, -0.2) is 13.4 Å². The smallest absolute Gasteiger partial charge is 0.252 e. The monoisotopic (exact) mass is 1370 g/mol. The third-order valence-electron chi connectivity index (χ3n) is 21.5. The molecule has 4 aliphatic heterocycles. The normalized spacial score (nSPS) is 12.7. The van der Waals surface area contributed by atoms with Gasteiger partial charge in [-0.05, 0) is 164 Å². The SMILES string of the molecule is Cc1cccc(-c2ccccc2)c1N1c2cc3c(cc2B2c4ccccc4N(c4ccccc4)c4cc(N(c5ccc(-c6ccccc6)cc5)c5ccccc5-c5ccccc5)cc1c42)B1c2ccccc2Sc2cc(N(c4ccc(-c5ccccc5)cc4)c4ccccc4-c4ccccc4)cc(c21)S3. The summed E-state index contributed by atoms with van der Waals surface area (Å²) in [6, 6.07) is 142. The van der Waals surface area contributed by atoms with Crippen LogP contribution in [0.2, 0.25) is 0 Å². The second kappa shape index (κ2) is 26.1. The Hall–Kier alpha value is -12.5. The summed E-state index contributed by atoms with van der Waals surface area (Å²) >= 11 is 3.84. The van der Waals surface area contributed by atoms with Crippen LogP contribution in [0.15, 0.2) is 402 Å². The molecule has 0 aromatic heterocycles. The van der Waals surface area contributed by atoms with Crippen LogP contribution < -0.4 is 52.4 Å². The summed E-state index contributed by atoms with van der Waals surface area (Å²) in [4.78, 5) is 15.3. The van der Waals surface area contributed by atoms with Crippen LogP contribution in [0.5, 0.6) is 0 Å². The van der Waals surface area contributed by atoms with E-state index >= 15 is 0 Å². The first-order valence-corrected chi connectivity index (χ1v) is 37.7. The third-order valence-corrected chi connectivity index (χ3v) is 23.7. The molecule has 8 heteroatoms. The van der Waals surface area contributed by atoms with Crippen LogP contribution in [-0.2, 0) is 0 Å². The van der Waals surface area contributed by atoms with Crippen molar-refractivity contribution < 1.29 is 0 Å². The summed E-state index contributed by atoms with van der Waals surface area (Å²) in [6.07, 6.45) is 0.